The zero-order chi connectivity index (χ0) is 27.9. The molecule has 1 heterocycles. The number of dihydropyridines is 1. The van der Waals surface area contributed by atoms with Crippen molar-refractivity contribution in [3.05, 3.63) is 153 Å². The van der Waals surface area contributed by atoms with Crippen LogP contribution in [0.25, 0.3) is 22.8 Å². The highest BCUT2D eigenvalue weighted by Gasteiger charge is 2.34. The van der Waals surface area contributed by atoms with Crippen LogP contribution in [0.1, 0.15) is 32.1 Å². The number of rotatable bonds is 4. The van der Waals surface area contributed by atoms with Crippen LogP contribution in [-0.2, 0) is 0 Å². The van der Waals surface area contributed by atoms with Gasteiger partial charge in [-0.2, -0.15) is 0 Å². The van der Waals surface area contributed by atoms with E-state index in [0.717, 1.165) is 38.6 Å². The molecule has 0 aromatic heterocycles. The Balaban J connectivity index is 1.25. The summed E-state index contributed by atoms with van der Waals surface area (Å²) in [5, 5.41) is 5.67. The van der Waals surface area contributed by atoms with Crippen LogP contribution in [0, 0.1) is 23.7 Å². The van der Waals surface area contributed by atoms with Crippen LogP contribution < -0.4 is 20.9 Å². The smallest absolute Gasteiger partial charge is 0.0496 e. The number of hydrogen-bond donors (Lipinski definition) is 0. The largest absolute Gasteiger partial charge is 0.288 e. The van der Waals surface area contributed by atoms with Gasteiger partial charge in [-0.15, -0.1) is 0 Å². The Labute approximate surface area is 248 Å². The van der Waals surface area contributed by atoms with E-state index in [1.807, 2.05) is 0 Å². The Morgan fingerprint density at radius 2 is 1.38 bits per heavy atom. The molecule has 2 aromatic carbocycles. The molecule has 1 heteroatoms. The summed E-state index contributed by atoms with van der Waals surface area (Å²) < 4.78 is 0. The molecule has 4 unspecified atom stereocenters. The summed E-state index contributed by atoms with van der Waals surface area (Å²) >= 11 is 0. The molecular weight excluding hydrogens is 506 g/mol. The van der Waals surface area contributed by atoms with Crippen molar-refractivity contribution >= 4 is 28.5 Å². The van der Waals surface area contributed by atoms with Gasteiger partial charge in [0.05, 0.1) is 0 Å². The number of nitrogens with zero attached hydrogens (tertiary/aromatic N) is 1. The molecule has 0 radical (unpaired) electrons. The van der Waals surface area contributed by atoms with Gasteiger partial charge >= 0.3 is 0 Å². The highest BCUT2D eigenvalue weighted by molar-refractivity contribution is 5.99. The molecule has 0 saturated heterocycles. The van der Waals surface area contributed by atoms with Gasteiger partial charge in [0.25, 0.3) is 0 Å². The van der Waals surface area contributed by atoms with Crippen LogP contribution in [0.15, 0.2) is 138 Å². The first kappa shape index (κ1) is 25.5. The maximum Gasteiger partial charge on any atom is 0.0496 e. The van der Waals surface area contributed by atoms with E-state index >= 15 is 0 Å². The van der Waals surface area contributed by atoms with Crippen molar-refractivity contribution in [1.82, 2.24) is 0 Å². The van der Waals surface area contributed by atoms with E-state index < -0.39 is 0 Å². The first-order valence-electron chi connectivity index (χ1n) is 15.8. The number of aliphatic imine (C=N–C) groups is 1. The predicted octanol–water partition coefficient (Wildman–Crippen LogP) is 6.19. The van der Waals surface area contributed by atoms with E-state index in [4.69, 9.17) is 4.99 Å². The molecular formula is C41H37N. The minimum atomic E-state index is 0.355. The predicted molar refractivity (Wildman–Crippen MR) is 177 cm³/mol. The van der Waals surface area contributed by atoms with Crippen molar-refractivity contribution in [2.75, 3.05) is 6.54 Å². The van der Waals surface area contributed by atoms with Crippen LogP contribution in [-0.4, -0.2) is 12.3 Å². The number of allylic oxidation sites excluding steroid dienone is 12. The Kier molecular flexibility index (Phi) is 6.60. The van der Waals surface area contributed by atoms with E-state index in [9.17, 15) is 0 Å². The summed E-state index contributed by atoms with van der Waals surface area (Å²) in [4.78, 5) is 5.07. The second kappa shape index (κ2) is 10.9. The molecule has 0 N–H and O–H groups in total. The molecule has 1 nitrogen and oxygen atoms in total. The third-order valence-electron chi connectivity index (χ3n) is 9.92. The molecule has 0 spiro atoms. The minimum Gasteiger partial charge on any atom is -0.288 e. The second-order valence-corrected chi connectivity index (χ2v) is 12.3. The zero-order valence-electron chi connectivity index (χ0n) is 24.1. The van der Waals surface area contributed by atoms with Gasteiger partial charge in [0.15, 0.2) is 0 Å². The molecule has 5 aliphatic carbocycles. The average molecular weight is 544 g/mol. The molecule has 8 rings (SSSR count). The summed E-state index contributed by atoms with van der Waals surface area (Å²) in [5.74, 6) is 1.49. The van der Waals surface area contributed by atoms with Crippen molar-refractivity contribution in [3.8, 4) is 0 Å². The van der Waals surface area contributed by atoms with Crippen molar-refractivity contribution in [1.29, 1.82) is 0 Å². The van der Waals surface area contributed by atoms with Crippen molar-refractivity contribution in [3.63, 3.8) is 0 Å². The monoisotopic (exact) mass is 543 g/mol. The molecule has 2 aromatic rings. The van der Waals surface area contributed by atoms with Gasteiger partial charge < -0.3 is 0 Å². The third kappa shape index (κ3) is 4.43. The van der Waals surface area contributed by atoms with Crippen molar-refractivity contribution < 1.29 is 0 Å². The van der Waals surface area contributed by atoms with E-state index in [0.29, 0.717) is 23.7 Å². The van der Waals surface area contributed by atoms with E-state index in [1.54, 1.807) is 0 Å². The summed E-state index contributed by atoms with van der Waals surface area (Å²) in [7, 11) is 0. The first-order valence-corrected chi connectivity index (χ1v) is 15.8. The molecule has 206 valence electrons. The summed E-state index contributed by atoms with van der Waals surface area (Å²) in [5.41, 5.74) is 8.79. The second-order valence-electron chi connectivity index (χ2n) is 12.3. The number of benzene rings is 2. The Morgan fingerprint density at radius 3 is 2.17 bits per heavy atom. The van der Waals surface area contributed by atoms with Gasteiger partial charge in [0.1, 0.15) is 0 Å². The van der Waals surface area contributed by atoms with Crippen molar-refractivity contribution in [2.45, 2.75) is 32.1 Å². The maximum atomic E-state index is 5.07. The lowest BCUT2D eigenvalue weighted by Crippen LogP contribution is -2.42. The van der Waals surface area contributed by atoms with Crippen LogP contribution in [0.5, 0.6) is 0 Å². The van der Waals surface area contributed by atoms with E-state index in [2.05, 4.69) is 128 Å². The zero-order valence-corrected chi connectivity index (χ0v) is 24.1. The lowest BCUT2D eigenvalue weighted by molar-refractivity contribution is 0.678. The molecule has 6 aliphatic rings. The van der Waals surface area contributed by atoms with Gasteiger partial charge in [0, 0.05) is 35.9 Å². The fourth-order valence-corrected chi connectivity index (χ4v) is 7.94. The molecule has 0 saturated carbocycles. The average Bonchev–Trinajstić information content (AvgIpc) is 3.07. The molecule has 0 bridgehead atoms. The molecule has 0 fully saturated rings. The normalized spacial score (nSPS) is 27.4. The third-order valence-corrected chi connectivity index (χ3v) is 9.92. The topological polar surface area (TPSA) is 12.4 Å². The summed E-state index contributed by atoms with van der Waals surface area (Å²) in [6.45, 7) is 0.850. The molecule has 42 heavy (non-hydrogen) atoms. The Bertz CT molecular complexity index is 1950. The quantitative estimate of drug-likeness (QED) is 0.436. The van der Waals surface area contributed by atoms with Crippen LogP contribution >= 0.6 is 0 Å². The first-order chi connectivity index (χ1) is 20.8. The number of fused-ring (bicyclic) bond motifs is 3. The Hall–Kier alpha value is -4.23. The summed E-state index contributed by atoms with van der Waals surface area (Å²) in [6.07, 6.45) is 35.9. The van der Waals surface area contributed by atoms with Gasteiger partial charge in [-0.25, -0.2) is 0 Å². The lowest BCUT2D eigenvalue weighted by atomic mass is 9.67. The van der Waals surface area contributed by atoms with Gasteiger partial charge in [0.2, 0.25) is 0 Å². The van der Waals surface area contributed by atoms with E-state index in [1.165, 1.54) is 54.5 Å². The van der Waals surface area contributed by atoms with Gasteiger partial charge in [-0.05, 0) is 86.9 Å². The highest BCUT2D eigenvalue weighted by atomic mass is 14.8. The summed E-state index contributed by atoms with van der Waals surface area (Å²) in [6, 6.07) is 18.2. The SMILES string of the molecule is C1=CCC(C2=NCC(C3=CCCC(C4=c5ccccc5=C(C5=c6ccccc6=CCC5)C5C=CC=CC45)=C3)C=C2)C=C1. The molecule has 1 aliphatic heterocycles. The standard InChI is InChI=1S/C41H37N/c1-2-13-29(14-3-1)39-25-24-32(27-42-39)30-16-10-17-31(26-30)40-35-19-6-8-21-37(35)41(38-22-9-7-20-36(38)40)34-23-11-15-28-12-4-5-18-33(28)34/h1-9,12-13,15-16,18-22,24-26,29,32,35,37H,10-11,14,17,23,27H2. The minimum absolute atomic E-state index is 0.355. The van der Waals surface area contributed by atoms with Crippen LogP contribution in [0.3, 0.4) is 0 Å². The Morgan fingerprint density at radius 1 is 0.643 bits per heavy atom. The maximum absolute atomic E-state index is 5.07. The van der Waals surface area contributed by atoms with Crippen LogP contribution in [0.4, 0.5) is 0 Å². The van der Waals surface area contributed by atoms with Crippen LogP contribution in [0.2, 0.25) is 0 Å². The van der Waals surface area contributed by atoms with Crippen molar-refractivity contribution in [2.24, 2.45) is 28.7 Å². The lowest BCUT2D eigenvalue weighted by Gasteiger charge is -2.36. The number of hydrogen-bond acceptors (Lipinski definition) is 1. The van der Waals surface area contributed by atoms with E-state index in [-0.39, 0.29) is 0 Å². The molecule has 4 atom stereocenters. The molecule has 0 amide bonds. The van der Waals surface area contributed by atoms with Gasteiger partial charge in [-0.3, -0.25) is 4.99 Å². The van der Waals surface area contributed by atoms with Gasteiger partial charge in [-0.1, -0.05) is 121 Å². The highest BCUT2D eigenvalue weighted by Crippen LogP contribution is 2.43. The fraction of sp³-hybridized carbons (Fsp3) is 0.244. The fourth-order valence-electron chi connectivity index (χ4n) is 7.94.